The van der Waals surface area contributed by atoms with Crippen LogP contribution in [0.3, 0.4) is 0 Å². The van der Waals surface area contributed by atoms with Crippen LogP contribution < -0.4 is 5.73 Å². The van der Waals surface area contributed by atoms with Gasteiger partial charge in [-0.3, -0.25) is 4.40 Å². The van der Waals surface area contributed by atoms with E-state index in [0.717, 1.165) is 23.5 Å². The van der Waals surface area contributed by atoms with Crippen LogP contribution in [0.4, 0.5) is 0 Å². The number of aryl methyl sites for hydroxylation is 2. The fourth-order valence-corrected chi connectivity index (χ4v) is 2.82. The maximum Gasteiger partial charge on any atom is 0.137 e. The van der Waals surface area contributed by atoms with Gasteiger partial charge in [0.2, 0.25) is 0 Å². The molecule has 0 aliphatic carbocycles. The summed E-state index contributed by atoms with van der Waals surface area (Å²) in [6.45, 7) is 6.22. The lowest BCUT2D eigenvalue weighted by molar-refractivity contribution is 0.748. The molecule has 3 aromatic rings. The zero-order chi connectivity index (χ0) is 15.0. The van der Waals surface area contributed by atoms with E-state index in [1.54, 1.807) is 0 Å². The lowest BCUT2D eigenvalue weighted by atomic mass is 10.0. The number of hydrogen-bond donors (Lipinski definition) is 1. The Kier molecular flexibility index (Phi) is 3.52. The molecule has 108 valence electrons. The van der Waals surface area contributed by atoms with Gasteiger partial charge in [0.25, 0.3) is 0 Å². The molecule has 0 bridgehead atoms. The van der Waals surface area contributed by atoms with Crippen molar-refractivity contribution < 1.29 is 0 Å². The third-order valence-electron chi connectivity index (χ3n) is 3.87. The van der Waals surface area contributed by atoms with Gasteiger partial charge in [0.15, 0.2) is 0 Å². The normalized spacial score (nSPS) is 12.8. The first-order valence-corrected chi connectivity index (χ1v) is 7.34. The molecule has 0 aliphatic rings. The second kappa shape index (κ2) is 5.34. The molecule has 0 radical (unpaired) electrons. The molecule has 0 aliphatic heterocycles. The second-order valence-electron chi connectivity index (χ2n) is 5.76. The van der Waals surface area contributed by atoms with Crippen LogP contribution in [0, 0.1) is 13.8 Å². The molecule has 2 aromatic heterocycles. The number of rotatable bonds is 3. The van der Waals surface area contributed by atoms with E-state index in [9.17, 15) is 0 Å². The van der Waals surface area contributed by atoms with Gasteiger partial charge in [-0.2, -0.15) is 0 Å². The Labute approximate surface area is 125 Å². The quantitative estimate of drug-likeness (QED) is 0.796. The SMILES string of the molecule is Cc1ccc(Cc2nc3cccc(C)n3c2C(C)N)cc1. The molecule has 3 nitrogen and oxygen atoms in total. The summed E-state index contributed by atoms with van der Waals surface area (Å²) in [4.78, 5) is 4.80. The number of fused-ring (bicyclic) bond motifs is 1. The van der Waals surface area contributed by atoms with E-state index < -0.39 is 0 Å². The molecule has 1 aromatic carbocycles. The van der Waals surface area contributed by atoms with Gasteiger partial charge in [-0.1, -0.05) is 35.9 Å². The lowest BCUT2D eigenvalue weighted by Gasteiger charge is -2.11. The minimum Gasteiger partial charge on any atom is -0.323 e. The Hall–Kier alpha value is -2.13. The molecule has 0 amide bonds. The average molecular weight is 279 g/mol. The Balaban J connectivity index is 2.11. The van der Waals surface area contributed by atoms with Crippen LogP contribution in [0.25, 0.3) is 5.65 Å². The van der Waals surface area contributed by atoms with Crippen LogP contribution in [-0.2, 0) is 6.42 Å². The smallest absolute Gasteiger partial charge is 0.137 e. The molecule has 1 unspecified atom stereocenters. The van der Waals surface area contributed by atoms with Crippen molar-refractivity contribution in [1.29, 1.82) is 0 Å². The molecule has 3 rings (SSSR count). The molecule has 2 N–H and O–H groups in total. The van der Waals surface area contributed by atoms with Crippen molar-refractivity contribution in [2.75, 3.05) is 0 Å². The molecular formula is C18H21N3. The van der Waals surface area contributed by atoms with Crippen LogP contribution in [0.2, 0.25) is 0 Å². The van der Waals surface area contributed by atoms with E-state index in [-0.39, 0.29) is 6.04 Å². The first kappa shape index (κ1) is 13.8. The van der Waals surface area contributed by atoms with E-state index in [0.29, 0.717) is 0 Å². The van der Waals surface area contributed by atoms with Gasteiger partial charge >= 0.3 is 0 Å². The minimum absolute atomic E-state index is 0.0402. The van der Waals surface area contributed by atoms with Gasteiger partial charge in [0.1, 0.15) is 5.65 Å². The summed E-state index contributed by atoms with van der Waals surface area (Å²) < 4.78 is 2.17. The molecule has 0 fully saturated rings. The number of nitrogens with two attached hydrogens (primary N) is 1. The third kappa shape index (κ3) is 2.57. The number of pyridine rings is 1. The highest BCUT2D eigenvalue weighted by Gasteiger charge is 2.16. The first-order valence-electron chi connectivity index (χ1n) is 7.34. The van der Waals surface area contributed by atoms with Gasteiger partial charge in [0, 0.05) is 18.2 Å². The zero-order valence-electron chi connectivity index (χ0n) is 12.8. The largest absolute Gasteiger partial charge is 0.323 e. The summed E-state index contributed by atoms with van der Waals surface area (Å²) in [7, 11) is 0. The van der Waals surface area contributed by atoms with Gasteiger partial charge in [-0.25, -0.2) is 4.98 Å². The standard InChI is InChI=1S/C18H21N3/c1-12-7-9-15(10-8-12)11-16-18(14(3)19)21-13(2)5-4-6-17(21)20-16/h4-10,14H,11,19H2,1-3H3. The molecular weight excluding hydrogens is 258 g/mol. The summed E-state index contributed by atoms with van der Waals surface area (Å²) in [6, 6.07) is 14.7. The van der Waals surface area contributed by atoms with Gasteiger partial charge in [-0.15, -0.1) is 0 Å². The fraction of sp³-hybridized carbons (Fsp3) is 0.278. The monoisotopic (exact) mass is 279 g/mol. The number of benzene rings is 1. The summed E-state index contributed by atoms with van der Waals surface area (Å²) in [5.41, 5.74) is 13.1. The predicted octanol–water partition coefficient (Wildman–Crippen LogP) is 3.56. The molecule has 21 heavy (non-hydrogen) atoms. The van der Waals surface area contributed by atoms with Crippen LogP contribution in [-0.4, -0.2) is 9.38 Å². The maximum absolute atomic E-state index is 6.21. The highest BCUT2D eigenvalue weighted by molar-refractivity contribution is 5.47. The Bertz CT molecular complexity index is 767. The van der Waals surface area contributed by atoms with Crippen molar-refractivity contribution in [2.24, 2.45) is 5.73 Å². The van der Waals surface area contributed by atoms with Crippen LogP contribution >= 0.6 is 0 Å². The fourth-order valence-electron chi connectivity index (χ4n) is 2.82. The Morgan fingerprint density at radius 1 is 1.10 bits per heavy atom. The molecule has 0 saturated heterocycles. The van der Waals surface area contributed by atoms with Gasteiger partial charge in [-0.05, 0) is 38.5 Å². The van der Waals surface area contributed by atoms with E-state index >= 15 is 0 Å². The van der Waals surface area contributed by atoms with E-state index in [4.69, 9.17) is 10.7 Å². The third-order valence-corrected chi connectivity index (χ3v) is 3.87. The average Bonchev–Trinajstić information content (AvgIpc) is 2.81. The van der Waals surface area contributed by atoms with Gasteiger partial charge in [0.05, 0.1) is 11.4 Å². The van der Waals surface area contributed by atoms with E-state index in [2.05, 4.69) is 48.6 Å². The minimum atomic E-state index is -0.0402. The topological polar surface area (TPSA) is 43.3 Å². The second-order valence-corrected chi connectivity index (χ2v) is 5.76. The van der Waals surface area contributed by atoms with Crippen molar-refractivity contribution in [2.45, 2.75) is 33.2 Å². The van der Waals surface area contributed by atoms with Crippen molar-refractivity contribution in [3.63, 3.8) is 0 Å². The highest BCUT2D eigenvalue weighted by atomic mass is 15.0. The van der Waals surface area contributed by atoms with Crippen molar-refractivity contribution in [1.82, 2.24) is 9.38 Å². The lowest BCUT2D eigenvalue weighted by Crippen LogP contribution is -2.12. The summed E-state index contributed by atoms with van der Waals surface area (Å²) in [6.07, 6.45) is 0.818. The molecule has 1 atom stereocenters. The first-order chi connectivity index (χ1) is 10.1. The van der Waals surface area contributed by atoms with Crippen LogP contribution in [0.5, 0.6) is 0 Å². The van der Waals surface area contributed by atoms with Crippen molar-refractivity contribution in [3.05, 3.63) is 70.7 Å². The van der Waals surface area contributed by atoms with Crippen molar-refractivity contribution in [3.8, 4) is 0 Å². The number of aromatic nitrogens is 2. The summed E-state index contributed by atoms with van der Waals surface area (Å²) in [5, 5.41) is 0. The zero-order valence-corrected chi connectivity index (χ0v) is 12.8. The van der Waals surface area contributed by atoms with Crippen LogP contribution in [0.1, 0.15) is 41.2 Å². The Morgan fingerprint density at radius 3 is 2.48 bits per heavy atom. The summed E-state index contributed by atoms with van der Waals surface area (Å²) in [5.74, 6) is 0. The highest BCUT2D eigenvalue weighted by Crippen LogP contribution is 2.23. The van der Waals surface area contributed by atoms with Gasteiger partial charge < -0.3 is 5.73 Å². The summed E-state index contributed by atoms with van der Waals surface area (Å²) >= 11 is 0. The molecule has 3 heteroatoms. The number of nitrogens with zero attached hydrogens (tertiary/aromatic N) is 2. The molecule has 0 saturated carbocycles. The molecule has 2 heterocycles. The Morgan fingerprint density at radius 2 is 1.81 bits per heavy atom. The van der Waals surface area contributed by atoms with Crippen molar-refractivity contribution >= 4 is 5.65 Å². The van der Waals surface area contributed by atoms with Crippen LogP contribution in [0.15, 0.2) is 42.5 Å². The van der Waals surface area contributed by atoms with E-state index in [1.807, 2.05) is 19.1 Å². The number of hydrogen-bond acceptors (Lipinski definition) is 2. The van der Waals surface area contributed by atoms with E-state index in [1.165, 1.54) is 16.8 Å². The molecule has 0 spiro atoms. The number of imidazole rings is 1. The maximum atomic E-state index is 6.21. The predicted molar refractivity (Wildman–Crippen MR) is 86.5 cm³/mol.